The van der Waals surface area contributed by atoms with Gasteiger partial charge in [-0.2, -0.15) is 0 Å². The molecule has 9 heteroatoms. The summed E-state index contributed by atoms with van der Waals surface area (Å²) in [5.74, 6) is 0.243. The van der Waals surface area contributed by atoms with Crippen LogP contribution in [0.25, 0.3) is 10.9 Å². The lowest BCUT2D eigenvalue weighted by atomic mass is 10.1. The number of aromatic nitrogens is 1. The maximum Gasteiger partial charge on any atom is 0.255 e. The molecule has 0 unspecified atom stereocenters. The molecule has 3 aromatic carbocycles. The van der Waals surface area contributed by atoms with Gasteiger partial charge in [-0.3, -0.25) is 9.59 Å². The molecule has 0 aliphatic rings. The topological polar surface area (TPSA) is 74.9 Å². The van der Waals surface area contributed by atoms with Gasteiger partial charge in [-0.15, -0.1) is 0 Å². The van der Waals surface area contributed by atoms with Crippen LogP contribution in [0.3, 0.4) is 0 Å². The molecule has 2 amide bonds. The van der Waals surface area contributed by atoms with Crippen LogP contribution < -0.4 is 4.74 Å². The first-order valence-corrected chi connectivity index (χ1v) is 13.9. The van der Waals surface area contributed by atoms with Crippen molar-refractivity contribution >= 4 is 45.9 Å². The molecule has 1 aromatic heterocycles. The van der Waals surface area contributed by atoms with Crippen LogP contribution >= 0.6 is 23.2 Å². The summed E-state index contributed by atoms with van der Waals surface area (Å²) >= 11 is 12.4. The molecule has 0 bridgehead atoms. The van der Waals surface area contributed by atoms with Gasteiger partial charge in [-0.1, -0.05) is 53.5 Å². The van der Waals surface area contributed by atoms with E-state index in [-0.39, 0.29) is 42.1 Å². The highest BCUT2D eigenvalue weighted by Crippen LogP contribution is 2.23. The average Bonchev–Trinajstić information content (AvgIpc) is 3.37. The Kier molecular flexibility index (Phi) is 10.5. The van der Waals surface area contributed by atoms with E-state index in [1.54, 1.807) is 24.1 Å². The van der Waals surface area contributed by atoms with Crippen molar-refractivity contribution in [2.24, 2.45) is 0 Å². The Labute approximate surface area is 244 Å². The van der Waals surface area contributed by atoms with Crippen molar-refractivity contribution in [2.75, 3.05) is 40.0 Å². The number of methoxy groups -OCH3 is 1. The second-order valence-corrected chi connectivity index (χ2v) is 10.2. The molecule has 210 valence electrons. The number of amides is 2. The molecule has 40 heavy (non-hydrogen) atoms. The minimum Gasteiger partial charge on any atom is -0.494 e. The Bertz CT molecular complexity index is 1440. The molecule has 0 fully saturated rings. The second-order valence-electron chi connectivity index (χ2n) is 9.35. The van der Waals surface area contributed by atoms with Gasteiger partial charge < -0.3 is 24.3 Å². The highest BCUT2D eigenvalue weighted by molar-refractivity contribution is 6.36. The van der Waals surface area contributed by atoms with E-state index in [4.69, 9.17) is 32.7 Å². The summed E-state index contributed by atoms with van der Waals surface area (Å²) in [6.07, 6.45) is 2.64. The number of nitrogens with zero attached hydrogens (tertiary/aromatic N) is 2. The van der Waals surface area contributed by atoms with Crippen molar-refractivity contribution in [3.8, 4) is 5.75 Å². The molecule has 0 saturated carbocycles. The number of para-hydroxylation sites is 1. The Balaban J connectivity index is 1.56. The SMILES string of the molecule is CCOc1ccc(CN(CCc2c[nH]c3ccccc23)C(=O)CN(CCOC)C(=O)c2ccc(Cl)cc2Cl)cc1. The number of fused-ring (bicyclic) bond motifs is 1. The number of carbonyl (C=O) groups is 2. The van der Waals surface area contributed by atoms with E-state index in [9.17, 15) is 9.59 Å². The largest absolute Gasteiger partial charge is 0.494 e. The maximum absolute atomic E-state index is 13.8. The summed E-state index contributed by atoms with van der Waals surface area (Å²) in [5.41, 5.74) is 3.43. The Morgan fingerprint density at radius 3 is 2.45 bits per heavy atom. The number of carbonyl (C=O) groups excluding carboxylic acids is 2. The van der Waals surface area contributed by atoms with Gasteiger partial charge in [0.1, 0.15) is 12.3 Å². The number of halogens is 2. The third-order valence-corrected chi connectivity index (χ3v) is 7.17. The molecule has 0 saturated heterocycles. The molecule has 0 aliphatic heterocycles. The van der Waals surface area contributed by atoms with Gasteiger partial charge in [0.2, 0.25) is 5.91 Å². The van der Waals surface area contributed by atoms with Crippen LogP contribution in [0.2, 0.25) is 10.0 Å². The van der Waals surface area contributed by atoms with Crippen LogP contribution in [0.1, 0.15) is 28.4 Å². The number of benzene rings is 3. The minimum absolute atomic E-state index is 0.119. The summed E-state index contributed by atoms with van der Waals surface area (Å²) in [7, 11) is 1.55. The highest BCUT2D eigenvalue weighted by atomic mass is 35.5. The van der Waals surface area contributed by atoms with Gasteiger partial charge in [-0.25, -0.2) is 0 Å². The quantitative estimate of drug-likeness (QED) is 0.203. The summed E-state index contributed by atoms with van der Waals surface area (Å²) in [6, 6.07) is 20.5. The Hall–Kier alpha value is -3.52. The maximum atomic E-state index is 13.8. The number of nitrogens with one attached hydrogen (secondary N) is 1. The van der Waals surface area contributed by atoms with Crippen LogP contribution in [0.4, 0.5) is 0 Å². The van der Waals surface area contributed by atoms with Crippen LogP contribution in [0, 0.1) is 0 Å². The summed E-state index contributed by atoms with van der Waals surface area (Å²) in [5, 5.41) is 1.79. The first-order valence-electron chi connectivity index (χ1n) is 13.2. The highest BCUT2D eigenvalue weighted by Gasteiger charge is 2.24. The molecule has 7 nitrogen and oxygen atoms in total. The normalized spacial score (nSPS) is 11.0. The van der Waals surface area contributed by atoms with Gasteiger partial charge in [0.05, 0.1) is 23.8 Å². The van der Waals surface area contributed by atoms with Crippen molar-refractivity contribution in [3.63, 3.8) is 0 Å². The number of aromatic amines is 1. The third-order valence-electron chi connectivity index (χ3n) is 6.63. The number of hydrogen-bond donors (Lipinski definition) is 1. The average molecular weight is 583 g/mol. The fraction of sp³-hybridized carbons (Fsp3) is 0.290. The summed E-state index contributed by atoms with van der Waals surface area (Å²) in [6.45, 7) is 3.78. The molecular formula is C31H33Cl2N3O4. The van der Waals surface area contributed by atoms with E-state index in [0.717, 1.165) is 27.8 Å². The number of H-pyrrole nitrogens is 1. The first kappa shape index (κ1) is 29.5. The lowest BCUT2D eigenvalue weighted by Crippen LogP contribution is -2.44. The van der Waals surface area contributed by atoms with Gasteiger partial charge in [0.25, 0.3) is 5.91 Å². The predicted octanol–water partition coefficient (Wildman–Crippen LogP) is 6.23. The van der Waals surface area contributed by atoms with E-state index in [0.29, 0.717) is 31.1 Å². The van der Waals surface area contributed by atoms with Gasteiger partial charge >= 0.3 is 0 Å². The monoisotopic (exact) mass is 581 g/mol. The van der Waals surface area contributed by atoms with E-state index in [1.807, 2.05) is 55.6 Å². The van der Waals surface area contributed by atoms with Gasteiger partial charge in [-0.05, 0) is 60.9 Å². The first-order chi connectivity index (χ1) is 19.4. The van der Waals surface area contributed by atoms with Crippen LogP contribution in [-0.2, 0) is 22.5 Å². The molecular weight excluding hydrogens is 549 g/mol. The number of ether oxygens (including phenoxy) is 2. The van der Waals surface area contributed by atoms with Crippen molar-refractivity contribution in [2.45, 2.75) is 19.9 Å². The number of hydrogen-bond acceptors (Lipinski definition) is 4. The van der Waals surface area contributed by atoms with E-state index in [1.165, 1.54) is 11.0 Å². The third kappa shape index (κ3) is 7.56. The van der Waals surface area contributed by atoms with Crippen LogP contribution in [-0.4, -0.2) is 66.6 Å². The molecule has 1 heterocycles. The molecule has 4 aromatic rings. The molecule has 0 atom stereocenters. The van der Waals surface area contributed by atoms with E-state index in [2.05, 4.69) is 11.1 Å². The predicted molar refractivity (Wildman–Crippen MR) is 159 cm³/mol. The fourth-order valence-corrected chi connectivity index (χ4v) is 5.00. The van der Waals surface area contributed by atoms with Crippen molar-refractivity contribution in [3.05, 3.63) is 99.7 Å². The van der Waals surface area contributed by atoms with Crippen LogP contribution in [0.15, 0.2) is 72.9 Å². The van der Waals surface area contributed by atoms with Crippen molar-refractivity contribution in [1.29, 1.82) is 0 Å². The molecule has 1 N–H and O–H groups in total. The van der Waals surface area contributed by atoms with Crippen molar-refractivity contribution in [1.82, 2.24) is 14.8 Å². The number of rotatable bonds is 13. The zero-order chi connectivity index (χ0) is 28.5. The Morgan fingerprint density at radius 1 is 0.950 bits per heavy atom. The molecule has 0 aliphatic carbocycles. The van der Waals surface area contributed by atoms with Crippen molar-refractivity contribution < 1.29 is 19.1 Å². The van der Waals surface area contributed by atoms with Gasteiger partial charge in [0.15, 0.2) is 0 Å². The second kappa shape index (κ2) is 14.2. The lowest BCUT2D eigenvalue weighted by Gasteiger charge is -2.28. The van der Waals surface area contributed by atoms with E-state index >= 15 is 0 Å². The van der Waals surface area contributed by atoms with E-state index < -0.39 is 0 Å². The lowest BCUT2D eigenvalue weighted by molar-refractivity contribution is -0.132. The summed E-state index contributed by atoms with van der Waals surface area (Å²) in [4.78, 5) is 33.8. The Morgan fingerprint density at radius 2 is 1.73 bits per heavy atom. The zero-order valence-corrected chi connectivity index (χ0v) is 24.2. The zero-order valence-electron chi connectivity index (χ0n) is 22.7. The summed E-state index contributed by atoms with van der Waals surface area (Å²) < 4.78 is 10.8. The smallest absolute Gasteiger partial charge is 0.255 e. The minimum atomic E-state index is -0.357. The molecule has 0 spiro atoms. The van der Waals surface area contributed by atoms with Crippen LogP contribution in [0.5, 0.6) is 5.75 Å². The molecule has 0 radical (unpaired) electrons. The fourth-order valence-electron chi connectivity index (χ4n) is 4.51. The molecule has 4 rings (SSSR count). The standard InChI is InChI=1S/C31H33Cl2N3O4/c1-3-40-25-11-8-22(9-12-25)20-35(15-14-23-19-34-29-7-5-4-6-26(23)29)30(37)21-36(16-17-39-2)31(38)27-13-10-24(32)18-28(27)33/h4-13,18-19,34H,3,14-17,20-21H2,1-2H3. The van der Waals surface area contributed by atoms with Gasteiger partial charge in [0, 0.05) is 48.9 Å².